The third-order valence-corrected chi connectivity index (χ3v) is 6.50. The highest BCUT2D eigenvalue weighted by atomic mass is 19.1. The zero-order chi connectivity index (χ0) is 24.2. The van der Waals surface area contributed by atoms with E-state index >= 15 is 0 Å². The van der Waals surface area contributed by atoms with Gasteiger partial charge in [0, 0.05) is 12.0 Å². The molecule has 35 heavy (non-hydrogen) atoms. The van der Waals surface area contributed by atoms with Gasteiger partial charge in [-0.2, -0.15) is 0 Å². The van der Waals surface area contributed by atoms with Gasteiger partial charge in [-0.1, -0.05) is 86.1 Å². The zero-order valence-electron chi connectivity index (χ0n) is 19.7. The van der Waals surface area contributed by atoms with Gasteiger partial charge < -0.3 is 9.47 Å². The van der Waals surface area contributed by atoms with Crippen molar-refractivity contribution in [1.82, 2.24) is 0 Å². The lowest BCUT2D eigenvalue weighted by Crippen LogP contribution is -2.24. The third kappa shape index (κ3) is 5.50. The summed E-state index contributed by atoms with van der Waals surface area (Å²) in [7, 11) is 0. The topological polar surface area (TPSA) is 18.5 Å². The van der Waals surface area contributed by atoms with Gasteiger partial charge in [-0.05, 0) is 58.5 Å². The average molecular weight is 471 g/mol. The highest BCUT2D eigenvalue weighted by molar-refractivity contribution is 5.64. The first-order valence-electron chi connectivity index (χ1n) is 12.1. The largest absolute Gasteiger partial charge is 0.340 e. The maximum Gasteiger partial charge on any atom is 0.185 e. The van der Waals surface area contributed by atoms with Crippen LogP contribution in [-0.2, 0) is 15.9 Å². The fourth-order valence-electron chi connectivity index (χ4n) is 4.56. The van der Waals surface area contributed by atoms with Crippen LogP contribution in [0.15, 0.2) is 97.1 Å². The predicted molar refractivity (Wildman–Crippen MR) is 134 cm³/mol. The van der Waals surface area contributed by atoms with Gasteiger partial charge in [0.25, 0.3) is 0 Å². The van der Waals surface area contributed by atoms with Crippen LogP contribution in [0.3, 0.4) is 0 Å². The molecule has 0 amide bonds. The molecule has 0 bridgehead atoms. The molecule has 0 aromatic heterocycles. The lowest BCUT2D eigenvalue weighted by molar-refractivity contribution is -0.253. The van der Waals surface area contributed by atoms with E-state index in [-0.39, 0.29) is 23.8 Å². The molecule has 1 saturated heterocycles. The molecule has 2 unspecified atom stereocenters. The van der Waals surface area contributed by atoms with Gasteiger partial charge >= 0.3 is 0 Å². The van der Waals surface area contributed by atoms with E-state index in [2.05, 4.69) is 43.3 Å². The Morgan fingerprint density at radius 2 is 1.03 bits per heavy atom. The number of hydrogen-bond donors (Lipinski definition) is 0. The van der Waals surface area contributed by atoms with Crippen LogP contribution in [-0.4, -0.2) is 0 Å². The third-order valence-electron chi connectivity index (χ3n) is 6.50. The molecule has 1 fully saturated rings. The first-order chi connectivity index (χ1) is 17.1. The highest BCUT2D eigenvalue weighted by Crippen LogP contribution is 2.44. The van der Waals surface area contributed by atoms with Gasteiger partial charge in [0.2, 0.25) is 0 Å². The molecular formula is C31H28F2O2. The molecule has 178 valence electrons. The van der Waals surface area contributed by atoms with Crippen molar-refractivity contribution in [3.05, 3.63) is 131 Å². The molecule has 0 saturated carbocycles. The molecule has 4 aromatic carbocycles. The maximum absolute atomic E-state index is 13.5. The second-order valence-electron chi connectivity index (χ2n) is 8.99. The Hall–Kier alpha value is -3.34. The maximum atomic E-state index is 13.5. The minimum Gasteiger partial charge on any atom is -0.340 e. The van der Waals surface area contributed by atoms with E-state index in [1.54, 1.807) is 24.3 Å². The summed E-state index contributed by atoms with van der Waals surface area (Å²) >= 11 is 0. The van der Waals surface area contributed by atoms with Gasteiger partial charge in [-0.3, -0.25) is 0 Å². The van der Waals surface area contributed by atoms with Gasteiger partial charge in [0.15, 0.2) is 6.29 Å². The molecule has 2 atom stereocenters. The molecule has 0 aliphatic carbocycles. The normalized spacial score (nSPS) is 20.0. The second kappa shape index (κ2) is 10.5. The second-order valence-corrected chi connectivity index (χ2v) is 8.99. The van der Waals surface area contributed by atoms with E-state index in [4.69, 9.17) is 9.47 Å². The van der Waals surface area contributed by atoms with E-state index < -0.39 is 6.29 Å². The van der Waals surface area contributed by atoms with Crippen LogP contribution in [0.25, 0.3) is 11.1 Å². The molecule has 1 aliphatic rings. The van der Waals surface area contributed by atoms with Crippen molar-refractivity contribution in [3.8, 4) is 11.1 Å². The fraction of sp³-hybridized carbons (Fsp3) is 0.226. The van der Waals surface area contributed by atoms with Crippen molar-refractivity contribution in [2.45, 2.75) is 44.7 Å². The zero-order valence-corrected chi connectivity index (χ0v) is 19.7. The van der Waals surface area contributed by atoms with Gasteiger partial charge in [0.05, 0.1) is 12.2 Å². The van der Waals surface area contributed by atoms with Crippen molar-refractivity contribution < 1.29 is 18.3 Å². The number of benzene rings is 4. The van der Waals surface area contributed by atoms with Gasteiger partial charge in [-0.25, -0.2) is 8.78 Å². The number of aryl methyl sites for hydroxylation is 1. The lowest BCUT2D eigenvalue weighted by atomic mass is 9.96. The first kappa shape index (κ1) is 23.4. The molecule has 0 N–H and O–H groups in total. The number of halogens is 2. The Morgan fingerprint density at radius 1 is 0.600 bits per heavy atom. The van der Waals surface area contributed by atoms with Crippen molar-refractivity contribution in [2.24, 2.45) is 0 Å². The van der Waals surface area contributed by atoms with Crippen LogP contribution in [0.4, 0.5) is 8.78 Å². The lowest BCUT2D eigenvalue weighted by Gasteiger charge is -2.36. The summed E-state index contributed by atoms with van der Waals surface area (Å²) in [6.07, 6.45) is 1.60. The summed E-state index contributed by atoms with van der Waals surface area (Å²) in [4.78, 5) is 0. The summed E-state index contributed by atoms with van der Waals surface area (Å²) in [5, 5.41) is 0. The van der Waals surface area contributed by atoms with Crippen molar-refractivity contribution >= 4 is 0 Å². The van der Waals surface area contributed by atoms with Crippen LogP contribution in [0.5, 0.6) is 0 Å². The molecule has 4 heteroatoms. The summed E-state index contributed by atoms with van der Waals surface area (Å²) in [6.45, 7) is 2.18. The molecule has 2 nitrogen and oxygen atoms in total. The number of ether oxygens (including phenoxy) is 2. The van der Waals surface area contributed by atoms with Crippen LogP contribution in [0.2, 0.25) is 0 Å². The summed E-state index contributed by atoms with van der Waals surface area (Å²) < 4.78 is 39.7. The minimum absolute atomic E-state index is 0.282. The quantitative estimate of drug-likeness (QED) is 0.281. The summed E-state index contributed by atoms with van der Waals surface area (Å²) in [5.74, 6) is -0.573. The Labute approximate surface area is 205 Å². The van der Waals surface area contributed by atoms with E-state index in [0.717, 1.165) is 40.7 Å². The Morgan fingerprint density at radius 3 is 1.49 bits per heavy atom. The molecule has 1 heterocycles. The van der Waals surface area contributed by atoms with E-state index in [0.29, 0.717) is 6.42 Å². The predicted octanol–water partition coefficient (Wildman–Crippen LogP) is 8.50. The van der Waals surface area contributed by atoms with Gasteiger partial charge in [-0.15, -0.1) is 0 Å². The molecule has 0 radical (unpaired) electrons. The summed E-state index contributed by atoms with van der Waals surface area (Å²) in [6, 6.07) is 29.6. The standard InChI is InChI=1S/C31H28F2O2/c1-2-3-21-4-6-22(7-5-21)23-8-10-26(11-9-23)31-34-29(24-12-16-27(32)17-13-24)20-30(35-31)25-14-18-28(33)19-15-25/h4-19,29-31H,2-3,20H2,1H3. The SMILES string of the molecule is CCCc1ccc(-c2ccc(C3OC(c4ccc(F)cc4)CC(c4ccc(F)cc4)O3)cc2)cc1. The Bertz CT molecular complexity index is 1180. The number of rotatable bonds is 6. The van der Waals surface area contributed by atoms with Crippen LogP contribution >= 0.6 is 0 Å². The monoisotopic (exact) mass is 470 g/mol. The molecule has 1 aliphatic heterocycles. The van der Waals surface area contributed by atoms with E-state index in [9.17, 15) is 8.78 Å². The first-order valence-corrected chi connectivity index (χ1v) is 12.1. The Balaban J connectivity index is 1.40. The van der Waals surface area contributed by atoms with E-state index in [1.165, 1.54) is 29.8 Å². The number of hydrogen-bond acceptors (Lipinski definition) is 2. The van der Waals surface area contributed by atoms with E-state index in [1.807, 2.05) is 12.1 Å². The van der Waals surface area contributed by atoms with Crippen LogP contribution < -0.4 is 0 Å². The van der Waals surface area contributed by atoms with Crippen LogP contribution in [0.1, 0.15) is 60.5 Å². The summed E-state index contributed by atoms with van der Waals surface area (Å²) in [5.41, 5.74) is 6.30. The smallest absolute Gasteiger partial charge is 0.185 e. The molecule has 5 rings (SSSR count). The van der Waals surface area contributed by atoms with Gasteiger partial charge in [0.1, 0.15) is 11.6 Å². The molecule has 0 spiro atoms. The highest BCUT2D eigenvalue weighted by Gasteiger charge is 2.33. The molecule has 4 aromatic rings. The van der Waals surface area contributed by atoms with Crippen molar-refractivity contribution in [3.63, 3.8) is 0 Å². The molecular weight excluding hydrogens is 442 g/mol. The fourth-order valence-corrected chi connectivity index (χ4v) is 4.56. The van der Waals surface area contributed by atoms with Crippen LogP contribution in [0, 0.1) is 11.6 Å². The van der Waals surface area contributed by atoms with Crippen molar-refractivity contribution in [1.29, 1.82) is 0 Å². The Kier molecular flexibility index (Phi) is 7.03. The van der Waals surface area contributed by atoms with Crippen molar-refractivity contribution in [2.75, 3.05) is 0 Å². The average Bonchev–Trinajstić information content (AvgIpc) is 2.90. The minimum atomic E-state index is -0.602.